The van der Waals surface area contributed by atoms with Crippen LogP contribution in [0.1, 0.15) is 31.7 Å². The van der Waals surface area contributed by atoms with Gasteiger partial charge < -0.3 is 0 Å². The second-order valence-corrected chi connectivity index (χ2v) is 4.41. The number of benzene rings is 1. The fourth-order valence-corrected chi connectivity index (χ4v) is 1.64. The number of aryl methyl sites for hydroxylation is 1. The van der Waals surface area contributed by atoms with Crippen molar-refractivity contribution in [3.63, 3.8) is 0 Å². The Balaban J connectivity index is 2.69. The average Bonchev–Trinajstić information content (AvgIpc) is 2.14. The maximum atomic E-state index is 13.1. The number of halogens is 3. The van der Waals surface area contributed by atoms with Gasteiger partial charge in [0.15, 0.2) is 0 Å². The van der Waals surface area contributed by atoms with Crippen molar-refractivity contribution in [2.75, 3.05) is 0 Å². The van der Waals surface area contributed by atoms with Crippen LogP contribution < -0.4 is 0 Å². The van der Waals surface area contributed by atoms with E-state index in [9.17, 15) is 8.78 Å². The zero-order valence-electron chi connectivity index (χ0n) is 8.12. The van der Waals surface area contributed by atoms with Gasteiger partial charge in [0.05, 0.1) is 3.57 Å². The number of hydrogen-bond donors (Lipinski definition) is 0. The molecule has 0 saturated carbocycles. The van der Waals surface area contributed by atoms with Crippen molar-refractivity contribution < 1.29 is 8.78 Å². The van der Waals surface area contributed by atoms with E-state index in [1.807, 2.05) is 0 Å². The van der Waals surface area contributed by atoms with E-state index in [2.05, 4.69) is 6.92 Å². The van der Waals surface area contributed by atoms with Gasteiger partial charge in [-0.3, -0.25) is 0 Å². The average molecular weight is 310 g/mol. The van der Waals surface area contributed by atoms with Crippen LogP contribution in [0.25, 0.3) is 0 Å². The van der Waals surface area contributed by atoms with Crippen LogP contribution in [0, 0.1) is 15.2 Å². The lowest BCUT2D eigenvalue weighted by atomic mass is 10.1. The molecule has 1 rings (SSSR count). The third kappa shape index (κ3) is 3.19. The summed E-state index contributed by atoms with van der Waals surface area (Å²) in [5.41, 5.74) is 0.758. The summed E-state index contributed by atoms with van der Waals surface area (Å²) >= 11 is 1.68. The first kappa shape index (κ1) is 11.9. The fourth-order valence-electron chi connectivity index (χ4n) is 1.33. The predicted molar refractivity (Wildman–Crippen MR) is 62.3 cm³/mol. The first-order valence-electron chi connectivity index (χ1n) is 4.78. The van der Waals surface area contributed by atoms with Crippen molar-refractivity contribution in [3.8, 4) is 0 Å². The summed E-state index contributed by atoms with van der Waals surface area (Å²) in [6.07, 6.45) is 3.99. The Morgan fingerprint density at radius 2 is 1.71 bits per heavy atom. The van der Waals surface area contributed by atoms with Crippen LogP contribution in [0.5, 0.6) is 0 Å². The molecular formula is C11H13F2I. The molecule has 0 unspecified atom stereocenters. The van der Waals surface area contributed by atoms with Crippen LogP contribution in [-0.4, -0.2) is 0 Å². The van der Waals surface area contributed by atoms with E-state index in [1.54, 1.807) is 22.6 Å². The zero-order chi connectivity index (χ0) is 10.6. The highest BCUT2D eigenvalue weighted by atomic mass is 127. The minimum Gasteiger partial charge on any atom is -0.206 e. The van der Waals surface area contributed by atoms with Crippen molar-refractivity contribution in [3.05, 3.63) is 32.9 Å². The topological polar surface area (TPSA) is 0 Å². The Morgan fingerprint density at radius 1 is 1.14 bits per heavy atom. The Labute approximate surface area is 96.8 Å². The molecule has 0 aliphatic heterocycles. The van der Waals surface area contributed by atoms with Crippen molar-refractivity contribution >= 4 is 22.6 Å². The maximum Gasteiger partial charge on any atom is 0.139 e. The SMILES string of the molecule is CCCCCc1cc(F)c(I)c(F)c1. The highest BCUT2D eigenvalue weighted by Crippen LogP contribution is 2.18. The fraction of sp³-hybridized carbons (Fsp3) is 0.455. The summed E-state index contributed by atoms with van der Waals surface area (Å²) in [6.45, 7) is 2.11. The molecule has 0 aliphatic rings. The van der Waals surface area contributed by atoms with Crippen LogP contribution in [0.15, 0.2) is 12.1 Å². The van der Waals surface area contributed by atoms with E-state index in [0.29, 0.717) is 0 Å². The highest BCUT2D eigenvalue weighted by Gasteiger charge is 2.07. The lowest BCUT2D eigenvalue weighted by Gasteiger charge is -2.03. The highest BCUT2D eigenvalue weighted by molar-refractivity contribution is 14.1. The molecule has 0 aliphatic carbocycles. The van der Waals surface area contributed by atoms with Gasteiger partial charge in [-0.25, -0.2) is 8.78 Å². The maximum absolute atomic E-state index is 13.1. The first-order chi connectivity index (χ1) is 6.65. The summed E-state index contributed by atoms with van der Waals surface area (Å²) < 4.78 is 26.3. The predicted octanol–water partition coefficient (Wildman–Crippen LogP) is 4.30. The quantitative estimate of drug-likeness (QED) is 0.442. The second-order valence-electron chi connectivity index (χ2n) is 3.33. The summed E-state index contributed by atoms with van der Waals surface area (Å²) in [4.78, 5) is 0. The molecule has 0 nitrogen and oxygen atoms in total. The van der Waals surface area contributed by atoms with Gasteiger partial charge in [0.25, 0.3) is 0 Å². The van der Waals surface area contributed by atoms with Gasteiger partial charge in [-0.2, -0.15) is 0 Å². The first-order valence-corrected chi connectivity index (χ1v) is 5.86. The molecule has 14 heavy (non-hydrogen) atoms. The number of rotatable bonds is 4. The van der Waals surface area contributed by atoms with E-state index in [-0.39, 0.29) is 3.57 Å². The normalized spacial score (nSPS) is 10.6. The van der Waals surface area contributed by atoms with Crippen LogP contribution in [0.4, 0.5) is 8.78 Å². The molecule has 0 fully saturated rings. The van der Waals surface area contributed by atoms with Crippen LogP contribution >= 0.6 is 22.6 Å². The van der Waals surface area contributed by atoms with Gasteiger partial charge in [0.1, 0.15) is 11.6 Å². The largest absolute Gasteiger partial charge is 0.206 e. The molecule has 0 bridgehead atoms. The van der Waals surface area contributed by atoms with Crippen LogP contribution in [0.3, 0.4) is 0 Å². The van der Waals surface area contributed by atoms with E-state index in [4.69, 9.17) is 0 Å². The molecule has 1 aromatic rings. The van der Waals surface area contributed by atoms with Gasteiger partial charge in [-0.05, 0) is 53.1 Å². The third-order valence-corrected chi connectivity index (χ3v) is 3.14. The molecular weight excluding hydrogens is 297 g/mol. The molecule has 0 aromatic heterocycles. The lowest BCUT2D eigenvalue weighted by molar-refractivity contribution is 0.565. The Hall–Kier alpha value is -0.190. The Morgan fingerprint density at radius 3 is 2.21 bits per heavy atom. The molecule has 0 saturated heterocycles. The van der Waals surface area contributed by atoms with Gasteiger partial charge in [0.2, 0.25) is 0 Å². The standard InChI is InChI=1S/C11H13F2I/c1-2-3-4-5-8-6-9(12)11(14)10(13)7-8/h6-7H,2-5H2,1H3. The van der Waals surface area contributed by atoms with Crippen molar-refractivity contribution in [2.24, 2.45) is 0 Å². The van der Waals surface area contributed by atoms with Crippen LogP contribution in [-0.2, 0) is 6.42 Å². The molecule has 0 radical (unpaired) electrons. The lowest BCUT2D eigenvalue weighted by Crippen LogP contribution is -1.93. The second kappa shape index (κ2) is 5.63. The van der Waals surface area contributed by atoms with E-state index < -0.39 is 11.6 Å². The summed E-state index contributed by atoms with van der Waals surface area (Å²) in [6, 6.07) is 2.86. The summed E-state index contributed by atoms with van der Waals surface area (Å²) in [7, 11) is 0. The van der Waals surface area contributed by atoms with Gasteiger partial charge in [0, 0.05) is 0 Å². The molecule has 1 aromatic carbocycles. The zero-order valence-corrected chi connectivity index (χ0v) is 10.3. The van der Waals surface area contributed by atoms with Gasteiger partial charge in [-0.1, -0.05) is 19.8 Å². The van der Waals surface area contributed by atoms with Crippen molar-refractivity contribution in [1.82, 2.24) is 0 Å². The molecule has 0 spiro atoms. The molecule has 0 amide bonds. The van der Waals surface area contributed by atoms with Crippen LogP contribution in [0.2, 0.25) is 0 Å². The van der Waals surface area contributed by atoms with Crippen molar-refractivity contribution in [2.45, 2.75) is 32.6 Å². The van der Waals surface area contributed by atoms with E-state index in [1.165, 1.54) is 12.1 Å². The Kier molecular flexibility index (Phi) is 4.78. The number of hydrogen-bond acceptors (Lipinski definition) is 0. The number of unbranched alkanes of at least 4 members (excludes halogenated alkanes) is 2. The molecule has 0 atom stereocenters. The van der Waals surface area contributed by atoms with E-state index in [0.717, 1.165) is 31.2 Å². The van der Waals surface area contributed by atoms with E-state index >= 15 is 0 Å². The van der Waals surface area contributed by atoms with Gasteiger partial charge >= 0.3 is 0 Å². The summed E-state index contributed by atoms with van der Waals surface area (Å²) in [5.74, 6) is -0.894. The summed E-state index contributed by atoms with van der Waals surface area (Å²) in [5, 5.41) is 0. The Bertz CT molecular complexity index is 287. The molecule has 0 heterocycles. The smallest absolute Gasteiger partial charge is 0.139 e. The molecule has 78 valence electrons. The minimum absolute atomic E-state index is 0.0850. The molecule has 0 N–H and O–H groups in total. The van der Waals surface area contributed by atoms with Crippen molar-refractivity contribution in [1.29, 1.82) is 0 Å². The monoisotopic (exact) mass is 310 g/mol. The van der Waals surface area contributed by atoms with Gasteiger partial charge in [-0.15, -0.1) is 0 Å². The minimum atomic E-state index is -0.447. The molecule has 3 heteroatoms. The third-order valence-electron chi connectivity index (χ3n) is 2.11.